The average molecular weight is 357 g/mol. The van der Waals surface area contributed by atoms with Crippen molar-refractivity contribution in [3.8, 4) is 6.07 Å². The van der Waals surface area contributed by atoms with E-state index in [1.165, 1.54) is 5.69 Å². The third-order valence-corrected chi connectivity index (χ3v) is 6.33. The summed E-state index contributed by atoms with van der Waals surface area (Å²) in [6.45, 7) is 4.98. The Kier molecular flexibility index (Phi) is 5.16. The molecule has 0 spiro atoms. The Morgan fingerprint density at radius 3 is 2.55 bits per heavy atom. The SMILES string of the molecule is CCc1nn(C)c(CN2CCC(C#N)(SC)CC2)c1Br. The van der Waals surface area contributed by atoms with Crippen LogP contribution < -0.4 is 0 Å². The highest BCUT2D eigenvalue weighted by Crippen LogP contribution is 2.34. The van der Waals surface area contributed by atoms with Crippen LogP contribution in [0.2, 0.25) is 0 Å². The number of aryl methyl sites for hydroxylation is 2. The third-order valence-electron chi connectivity index (χ3n) is 4.13. The van der Waals surface area contributed by atoms with E-state index in [1.807, 2.05) is 18.0 Å². The van der Waals surface area contributed by atoms with Gasteiger partial charge in [0.1, 0.15) is 4.75 Å². The van der Waals surface area contributed by atoms with Crippen LogP contribution >= 0.6 is 27.7 Å². The molecular weight excluding hydrogens is 336 g/mol. The lowest BCUT2D eigenvalue weighted by Gasteiger charge is -2.36. The van der Waals surface area contributed by atoms with Crippen molar-refractivity contribution in [1.82, 2.24) is 14.7 Å². The van der Waals surface area contributed by atoms with Crippen molar-refractivity contribution < 1.29 is 0 Å². The molecule has 1 saturated heterocycles. The molecule has 0 aliphatic carbocycles. The lowest BCUT2D eigenvalue weighted by molar-refractivity contribution is 0.204. The molecule has 1 aromatic heterocycles. The summed E-state index contributed by atoms with van der Waals surface area (Å²) < 4.78 is 2.95. The van der Waals surface area contributed by atoms with E-state index in [1.54, 1.807) is 11.8 Å². The molecule has 1 fully saturated rings. The molecule has 1 aromatic rings. The summed E-state index contributed by atoms with van der Waals surface area (Å²) in [6.07, 6.45) is 4.88. The largest absolute Gasteiger partial charge is 0.297 e. The van der Waals surface area contributed by atoms with Crippen molar-refractivity contribution in [3.05, 3.63) is 15.9 Å². The first-order chi connectivity index (χ1) is 9.55. The molecule has 0 radical (unpaired) electrons. The van der Waals surface area contributed by atoms with Crippen molar-refractivity contribution in [2.45, 2.75) is 37.5 Å². The van der Waals surface area contributed by atoms with Crippen LogP contribution in [-0.4, -0.2) is 38.8 Å². The van der Waals surface area contributed by atoms with E-state index in [2.05, 4.69) is 38.9 Å². The molecule has 0 saturated carbocycles. The normalized spacial score (nSPS) is 18.9. The maximum absolute atomic E-state index is 9.33. The van der Waals surface area contributed by atoms with Gasteiger partial charge in [0.2, 0.25) is 0 Å². The number of aromatic nitrogens is 2. The van der Waals surface area contributed by atoms with E-state index in [0.717, 1.165) is 49.1 Å². The Bertz CT molecular complexity index is 512. The summed E-state index contributed by atoms with van der Waals surface area (Å²) in [7, 11) is 2.00. The molecule has 0 unspecified atom stereocenters. The number of likely N-dealkylation sites (tertiary alicyclic amines) is 1. The quantitative estimate of drug-likeness (QED) is 0.831. The van der Waals surface area contributed by atoms with Gasteiger partial charge in [0.25, 0.3) is 0 Å². The Morgan fingerprint density at radius 2 is 2.10 bits per heavy atom. The van der Waals surface area contributed by atoms with E-state index in [4.69, 9.17) is 0 Å². The van der Waals surface area contributed by atoms with Crippen LogP contribution in [0, 0.1) is 11.3 Å². The number of piperidine rings is 1. The van der Waals surface area contributed by atoms with Crippen LogP contribution in [0.4, 0.5) is 0 Å². The molecule has 110 valence electrons. The van der Waals surface area contributed by atoms with Crippen LogP contribution in [0.25, 0.3) is 0 Å². The van der Waals surface area contributed by atoms with Gasteiger partial charge in [-0.1, -0.05) is 6.92 Å². The van der Waals surface area contributed by atoms with Crippen LogP contribution in [0.3, 0.4) is 0 Å². The minimum absolute atomic E-state index is 0.172. The zero-order chi connectivity index (χ0) is 14.8. The molecular formula is C14H21BrN4S. The minimum atomic E-state index is -0.172. The Labute approximate surface area is 133 Å². The molecule has 2 heterocycles. The number of thioether (sulfide) groups is 1. The molecule has 2 rings (SSSR count). The summed E-state index contributed by atoms with van der Waals surface area (Å²) in [4.78, 5) is 2.42. The standard InChI is InChI=1S/C14H21BrN4S/c1-4-11-13(15)12(18(2)17-11)9-19-7-5-14(10-16,20-3)6-8-19/h4-9H2,1-3H3. The molecule has 4 nitrogen and oxygen atoms in total. The lowest BCUT2D eigenvalue weighted by Crippen LogP contribution is -2.41. The highest BCUT2D eigenvalue weighted by molar-refractivity contribution is 9.10. The molecule has 0 bridgehead atoms. The first kappa shape index (κ1) is 15.9. The second-order valence-electron chi connectivity index (χ2n) is 5.27. The molecule has 6 heteroatoms. The average Bonchev–Trinajstić information content (AvgIpc) is 2.75. The van der Waals surface area contributed by atoms with Gasteiger partial charge in [-0.3, -0.25) is 9.58 Å². The molecule has 1 aliphatic heterocycles. The van der Waals surface area contributed by atoms with E-state index in [9.17, 15) is 5.26 Å². The summed E-state index contributed by atoms with van der Waals surface area (Å²) in [5.74, 6) is 0. The predicted molar refractivity (Wildman–Crippen MR) is 86.7 cm³/mol. The van der Waals surface area contributed by atoms with Gasteiger partial charge in [0, 0.05) is 26.7 Å². The smallest absolute Gasteiger partial charge is 0.104 e. The van der Waals surface area contributed by atoms with Gasteiger partial charge in [-0.2, -0.15) is 10.4 Å². The van der Waals surface area contributed by atoms with Crippen molar-refractivity contribution in [3.63, 3.8) is 0 Å². The summed E-state index contributed by atoms with van der Waals surface area (Å²) in [6, 6.07) is 2.50. The fourth-order valence-electron chi connectivity index (χ4n) is 2.64. The maximum Gasteiger partial charge on any atom is 0.104 e. The van der Waals surface area contributed by atoms with Crippen molar-refractivity contribution in [2.24, 2.45) is 7.05 Å². The zero-order valence-corrected chi connectivity index (χ0v) is 14.7. The number of hydrogen-bond donors (Lipinski definition) is 0. The number of hydrogen-bond acceptors (Lipinski definition) is 4. The number of rotatable bonds is 4. The van der Waals surface area contributed by atoms with Gasteiger partial charge in [0.15, 0.2) is 0 Å². The maximum atomic E-state index is 9.33. The van der Waals surface area contributed by atoms with Crippen molar-refractivity contribution in [1.29, 1.82) is 5.26 Å². The van der Waals surface area contributed by atoms with Gasteiger partial charge < -0.3 is 0 Å². The molecule has 0 aromatic carbocycles. The van der Waals surface area contributed by atoms with E-state index >= 15 is 0 Å². The Morgan fingerprint density at radius 1 is 1.45 bits per heavy atom. The monoisotopic (exact) mass is 356 g/mol. The summed E-state index contributed by atoms with van der Waals surface area (Å²) in [5.41, 5.74) is 2.35. The van der Waals surface area contributed by atoms with Gasteiger partial charge in [-0.25, -0.2) is 0 Å². The number of nitriles is 1. The first-order valence-electron chi connectivity index (χ1n) is 6.94. The minimum Gasteiger partial charge on any atom is -0.297 e. The lowest BCUT2D eigenvalue weighted by atomic mass is 9.97. The fraction of sp³-hybridized carbons (Fsp3) is 0.714. The topological polar surface area (TPSA) is 44.9 Å². The molecule has 1 aliphatic rings. The first-order valence-corrected chi connectivity index (χ1v) is 8.96. The van der Waals surface area contributed by atoms with Gasteiger partial charge in [-0.05, 0) is 41.4 Å². The van der Waals surface area contributed by atoms with Gasteiger partial charge in [-0.15, -0.1) is 11.8 Å². The highest BCUT2D eigenvalue weighted by atomic mass is 79.9. The zero-order valence-electron chi connectivity index (χ0n) is 12.3. The molecule has 0 amide bonds. The van der Waals surface area contributed by atoms with E-state index in [0.29, 0.717) is 0 Å². The second-order valence-corrected chi connectivity index (χ2v) is 7.25. The van der Waals surface area contributed by atoms with Crippen molar-refractivity contribution in [2.75, 3.05) is 19.3 Å². The second kappa shape index (κ2) is 6.50. The Balaban J connectivity index is 2.03. The predicted octanol–water partition coefficient (Wildman–Crippen LogP) is 2.97. The van der Waals surface area contributed by atoms with Gasteiger partial charge in [0.05, 0.1) is 21.9 Å². The molecule has 0 N–H and O–H groups in total. The van der Waals surface area contributed by atoms with Crippen LogP contribution in [0.15, 0.2) is 4.47 Å². The van der Waals surface area contributed by atoms with E-state index < -0.39 is 0 Å². The van der Waals surface area contributed by atoms with Gasteiger partial charge >= 0.3 is 0 Å². The van der Waals surface area contributed by atoms with Crippen LogP contribution in [0.1, 0.15) is 31.2 Å². The summed E-state index contributed by atoms with van der Waals surface area (Å²) in [5, 5.41) is 13.9. The van der Waals surface area contributed by atoms with Crippen LogP contribution in [-0.2, 0) is 20.0 Å². The number of nitrogens with zero attached hydrogens (tertiary/aromatic N) is 4. The van der Waals surface area contributed by atoms with Crippen molar-refractivity contribution >= 4 is 27.7 Å². The molecule has 0 atom stereocenters. The summed E-state index contributed by atoms with van der Waals surface area (Å²) >= 11 is 5.37. The molecule has 20 heavy (non-hydrogen) atoms. The Hall–Kier alpha value is -0.510. The number of halogens is 1. The van der Waals surface area contributed by atoms with Crippen LogP contribution in [0.5, 0.6) is 0 Å². The fourth-order valence-corrected chi connectivity index (χ4v) is 4.06. The van der Waals surface area contributed by atoms with E-state index in [-0.39, 0.29) is 4.75 Å². The third kappa shape index (κ3) is 3.05. The highest BCUT2D eigenvalue weighted by Gasteiger charge is 2.34.